The molecule has 0 unspecified atom stereocenters. The number of benzene rings is 6. The van der Waals surface area contributed by atoms with E-state index in [2.05, 4.69) is 83.4 Å². The summed E-state index contributed by atoms with van der Waals surface area (Å²) in [6.07, 6.45) is 0.655. The number of aryl methyl sites for hydroxylation is 1. The molecule has 0 spiro atoms. The van der Waals surface area contributed by atoms with E-state index in [-0.39, 0.29) is 0 Å². The number of nitrogens with zero attached hydrogens (tertiary/aromatic N) is 3. The standard InChI is InChI=1S/C40H23N3O2/c41-22-24-12-15-36-32(20-24)33-21-25(13-16-37(33)44-36)27-9-5-6-26(23-42)28(27)18-19-43-34-10-3-1-7-29(34)30-14-17-38-39(40(30)43)31-8-2-4-11-35(31)45-38/h1-17,20-21H,18-19H2. The molecule has 5 heteroatoms. The Morgan fingerprint density at radius 2 is 1.31 bits per heavy atom. The van der Waals surface area contributed by atoms with Gasteiger partial charge in [0, 0.05) is 39.0 Å². The van der Waals surface area contributed by atoms with Gasteiger partial charge in [-0.1, -0.05) is 54.6 Å². The Balaban J connectivity index is 1.22. The van der Waals surface area contributed by atoms with Gasteiger partial charge in [-0.25, -0.2) is 0 Å². The van der Waals surface area contributed by atoms with Gasteiger partial charge in [-0.05, 0) is 83.8 Å². The summed E-state index contributed by atoms with van der Waals surface area (Å²) < 4.78 is 14.8. The molecule has 0 fully saturated rings. The van der Waals surface area contributed by atoms with Crippen LogP contribution in [-0.2, 0) is 13.0 Å². The number of hydrogen-bond donors (Lipinski definition) is 0. The van der Waals surface area contributed by atoms with E-state index >= 15 is 0 Å². The van der Waals surface area contributed by atoms with Gasteiger partial charge in [-0.15, -0.1) is 0 Å². The molecule has 3 aromatic heterocycles. The van der Waals surface area contributed by atoms with E-state index in [1.54, 1.807) is 6.07 Å². The molecular formula is C40H23N3O2. The van der Waals surface area contributed by atoms with Crippen LogP contribution in [0, 0.1) is 22.7 Å². The summed E-state index contributed by atoms with van der Waals surface area (Å²) in [6, 6.07) is 43.2. The van der Waals surface area contributed by atoms with Crippen LogP contribution in [0.15, 0.2) is 124 Å². The summed E-state index contributed by atoms with van der Waals surface area (Å²) >= 11 is 0. The highest BCUT2D eigenvalue weighted by Crippen LogP contribution is 2.40. The zero-order chi connectivity index (χ0) is 30.1. The predicted molar refractivity (Wildman–Crippen MR) is 179 cm³/mol. The molecule has 3 heterocycles. The van der Waals surface area contributed by atoms with Gasteiger partial charge in [0.15, 0.2) is 0 Å². The zero-order valence-electron chi connectivity index (χ0n) is 24.0. The number of rotatable bonds is 4. The predicted octanol–water partition coefficient (Wildman–Crippen LogP) is 10.2. The first-order valence-electron chi connectivity index (χ1n) is 14.9. The third kappa shape index (κ3) is 3.72. The van der Waals surface area contributed by atoms with Crippen molar-refractivity contribution in [1.29, 1.82) is 10.5 Å². The van der Waals surface area contributed by atoms with E-state index < -0.39 is 0 Å². The van der Waals surface area contributed by atoms with Crippen molar-refractivity contribution in [2.75, 3.05) is 0 Å². The lowest BCUT2D eigenvalue weighted by atomic mass is 9.92. The summed E-state index contributed by atoms with van der Waals surface area (Å²) in [7, 11) is 0. The molecule has 9 aromatic rings. The molecule has 45 heavy (non-hydrogen) atoms. The molecule has 0 aliphatic rings. The van der Waals surface area contributed by atoms with Crippen LogP contribution in [0.2, 0.25) is 0 Å². The fraction of sp³-hybridized carbons (Fsp3) is 0.0500. The minimum absolute atomic E-state index is 0.591. The van der Waals surface area contributed by atoms with Crippen LogP contribution in [0.3, 0.4) is 0 Å². The quantitative estimate of drug-likeness (QED) is 0.208. The zero-order valence-corrected chi connectivity index (χ0v) is 24.0. The van der Waals surface area contributed by atoms with Gasteiger partial charge >= 0.3 is 0 Å². The lowest BCUT2D eigenvalue weighted by molar-refractivity contribution is 0.668. The number of fused-ring (bicyclic) bond motifs is 10. The normalized spacial score (nSPS) is 11.7. The van der Waals surface area contributed by atoms with E-state index in [0.29, 0.717) is 24.1 Å². The van der Waals surface area contributed by atoms with Crippen molar-refractivity contribution in [2.45, 2.75) is 13.0 Å². The molecule has 0 amide bonds. The smallest absolute Gasteiger partial charge is 0.137 e. The summed E-state index contributed by atoms with van der Waals surface area (Å²) in [5.41, 5.74) is 9.83. The second-order valence-corrected chi connectivity index (χ2v) is 11.4. The molecule has 0 bridgehead atoms. The lowest BCUT2D eigenvalue weighted by Gasteiger charge is -2.14. The Hall–Kier alpha value is -6.30. The summed E-state index contributed by atoms with van der Waals surface area (Å²) in [5, 5.41) is 26.2. The van der Waals surface area contributed by atoms with Gasteiger partial charge in [-0.2, -0.15) is 10.5 Å². The van der Waals surface area contributed by atoms with Crippen molar-refractivity contribution < 1.29 is 8.83 Å². The number of para-hydroxylation sites is 2. The molecule has 0 saturated carbocycles. The first-order chi connectivity index (χ1) is 22.2. The van der Waals surface area contributed by atoms with Crippen molar-refractivity contribution in [2.24, 2.45) is 0 Å². The Morgan fingerprint density at radius 1 is 0.578 bits per heavy atom. The number of nitriles is 2. The van der Waals surface area contributed by atoms with Crippen LogP contribution in [0.1, 0.15) is 16.7 Å². The molecule has 0 aliphatic carbocycles. The second-order valence-electron chi connectivity index (χ2n) is 11.4. The Kier molecular flexibility index (Phi) is 5.38. The number of aromatic nitrogens is 1. The van der Waals surface area contributed by atoms with Gasteiger partial charge in [0.25, 0.3) is 0 Å². The Morgan fingerprint density at radius 3 is 2.18 bits per heavy atom. The van der Waals surface area contributed by atoms with Crippen LogP contribution in [0.5, 0.6) is 0 Å². The highest BCUT2D eigenvalue weighted by molar-refractivity contribution is 6.23. The maximum atomic E-state index is 10.2. The average molecular weight is 578 g/mol. The molecular weight excluding hydrogens is 554 g/mol. The van der Waals surface area contributed by atoms with Crippen LogP contribution in [0.4, 0.5) is 0 Å². The van der Waals surface area contributed by atoms with E-state index in [4.69, 9.17) is 8.83 Å². The molecule has 0 atom stereocenters. The molecule has 0 aliphatic heterocycles. The van der Waals surface area contributed by atoms with Crippen LogP contribution in [-0.4, -0.2) is 4.57 Å². The summed E-state index contributed by atoms with van der Waals surface area (Å²) in [5.74, 6) is 0. The van der Waals surface area contributed by atoms with E-state index in [9.17, 15) is 10.5 Å². The molecule has 9 rings (SSSR count). The molecule has 0 saturated heterocycles. The fourth-order valence-electron chi connectivity index (χ4n) is 7.06. The first kappa shape index (κ1) is 25.2. The minimum atomic E-state index is 0.591. The van der Waals surface area contributed by atoms with Gasteiger partial charge in [0.1, 0.15) is 22.3 Å². The third-order valence-electron chi connectivity index (χ3n) is 9.06. The van der Waals surface area contributed by atoms with Gasteiger partial charge in [0.2, 0.25) is 0 Å². The average Bonchev–Trinajstić information content (AvgIpc) is 3.75. The molecule has 5 nitrogen and oxygen atoms in total. The van der Waals surface area contributed by atoms with E-state index in [1.165, 1.54) is 10.8 Å². The lowest BCUT2D eigenvalue weighted by Crippen LogP contribution is -2.04. The van der Waals surface area contributed by atoms with Gasteiger partial charge < -0.3 is 13.4 Å². The summed E-state index contributed by atoms with van der Waals surface area (Å²) in [4.78, 5) is 0. The largest absolute Gasteiger partial charge is 0.456 e. The monoisotopic (exact) mass is 577 g/mol. The maximum absolute atomic E-state index is 10.2. The van der Waals surface area contributed by atoms with Crippen molar-refractivity contribution in [3.05, 3.63) is 132 Å². The second kappa shape index (κ2) is 9.61. The van der Waals surface area contributed by atoms with Crippen molar-refractivity contribution in [1.82, 2.24) is 4.57 Å². The first-order valence-corrected chi connectivity index (χ1v) is 14.9. The van der Waals surface area contributed by atoms with Gasteiger partial charge in [0.05, 0.1) is 34.2 Å². The molecule has 0 radical (unpaired) electrons. The van der Waals surface area contributed by atoms with Crippen LogP contribution < -0.4 is 0 Å². The Labute approximate surface area is 257 Å². The topological polar surface area (TPSA) is 78.8 Å². The number of hydrogen-bond acceptors (Lipinski definition) is 4. The molecule has 210 valence electrons. The maximum Gasteiger partial charge on any atom is 0.137 e. The fourth-order valence-corrected chi connectivity index (χ4v) is 7.06. The van der Waals surface area contributed by atoms with Crippen LogP contribution in [0.25, 0.3) is 76.8 Å². The van der Waals surface area contributed by atoms with Gasteiger partial charge in [-0.3, -0.25) is 0 Å². The number of furan rings is 2. The minimum Gasteiger partial charge on any atom is -0.456 e. The van der Waals surface area contributed by atoms with Crippen LogP contribution >= 0.6 is 0 Å². The Bertz CT molecular complexity index is 2740. The van der Waals surface area contributed by atoms with Crippen molar-refractivity contribution in [3.8, 4) is 23.3 Å². The highest BCUT2D eigenvalue weighted by atomic mass is 16.3. The highest BCUT2D eigenvalue weighted by Gasteiger charge is 2.19. The summed E-state index contributed by atoms with van der Waals surface area (Å²) in [6.45, 7) is 0.677. The molecule has 0 N–H and O–H groups in total. The van der Waals surface area contributed by atoms with Crippen molar-refractivity contribution in [3.63, 3.8) is 0 Å². The third-order valence-corrected chi connectivity index (χ3v) is 9.06. The molecule has 6 aromatic carbocycles. The SMILES string of the molecule is N#Cc1ccc2oc3ccc(-c4cccc(C#N)c4CCn4c5ccccc5c5ccc6oc7ccccc7c6c54)cc3c2c1. The van der Waals surface area contributed by atoms with E-state index in [1.807, 2.05) is 42.5 Å². The van der Waals surface area contributed by atoms with E-state index in [0.717, 1.165) is 71.6 Å². The van der Waals surface area contributed by atoms with Crippen molar-refractivity contribution >= 4 is 65.7 Å².